The summed E-state index contributed by atoms with van der Waals surface area (Å²) >= 11 is 0. The molecule has 1 aliphatic heterocycles. The highest BCUT2D eigenvalue weighted by atomic mass is 16.5. The Morgan fingerprint density at radius 3 is 2.95 bits per heavy atom. The van der Waals surface area contributed by atoms with E-state index in [9.17, 15) is 4.79 Å². The quantitative estimate of drug-likeness (QED) is 0.859. The molecule has 0 radical (unpaired) electrons. The lowest BCUT2D eigenvalue weighted by Crippen LogP contribution is -2.43. The molecule has 0 bridgehead atoms. The number of anilines is 1. The summed E-state index contributed by atoms with van der Waals surface area (Å²) in [6, 6.07) is 1.83. The normalized spacial score (nSPS) is 22.6. The van der Waals surface area contributed by atoms with E-state index in [4.69, 9.17) is 15.2 Å². The van der Waals surface area contributed by atoms with Gasteiger partial charge in [-0.2, -0.15) is 0 Å². The summed E-state index contributed by atoms with van der Waals surface area (Å²) in [5.41, 5.74) is 7.66. The lowest BCUT2D eigenvalue weighted by atomic mass is 10.0. The van der Waals surface area contributed by atoms with Crippen LogP contribution < -0.4 is 11.1 Å². The number of hydrogen-bond donors (Lipinski definition) is 2. The van der Waals surface area contributed by atoms with Crippen molar-refractivity contribution in [1.29, 1.82) is 0 Å². The van der Waals surface area contributed by atoms with Crippen LogP contribution in [0.2, 0.25) is 0 Å². The van der Waals surface area contributed by atoms with Gasteiger partial charge in [-0.1, -0.05) is 0 Å². The van der Waals surface area contributed by atoms with Crippen LogP contribution in [0.4, 0.5) is 5.82 Å². The van der Waals surface area contributed by atoms with E-state index >= 15 is 0 Å². The Kier molecular flexibility index (Phi) is 4.57. The van der Waals surface area contributed by atoms with Gasteiger partial charge in [-0.15, -0.1) is 0 Å². The molecule has 1 saturated heterocycles. The van der Waals surface area contributed by atoms with E-state index in [0.29, 0.717) is 24.6 Å². The SMILES string of the molecule is CO[C@H]1COCC[C@@H]1Nc1nc(C)c(C)cc1C(N)=O. The number of carbonyl (C=O) groups excluding carboxylic acids is 1. The summed E-state index contributed by atoms with van der Waals surface area (Å²) in [5, 5.41) is 3.28. The van der Waals surface area contributed by atoms with E-state index in [0.717, 1.165) is 17.7 Å². The van der Waals surface area contributed by atoms with Crippen molar-refractivity contribution in [3.05, 3.63) is 22.9 Å². The number of carbonyl (C=O) groups is 1. The van der Waals surface area contributed by atoms with Crippen molar-refractivity contribution >= 4 is 11.7 Å². The average Bonchev–Trinajstić information content (AvgIpc) is 2.43. The van der Waals surface area contributed by atoms with Gasteiger partial charge in [0.15, 0.2) is 0 Å². The molecule has 1 fully saturated rings. The highest BCUT2D eigenvalue weighted by Gasteiger charge is 2.27. The van der Waals surface area contributed by atoms with Crippen LogP contribution in [-0.2, 0) is 9.47 Å². The number of aryl methyl sites for hydroxylation is 2. The lowest BCUT2D eigenvalue weighted by Gasteiger charge is -2.31. The number of pyridine rings is 1. The third-order valence-corrected chi connectivity index (χ3v) is 3.66. The molecule has 0 aliphatic carbocycles. The average molecular weight is 279 g/mol. The highest BCUT2D eigenvalue weighted by Crippen LogP contribution is 2.21. The largest absolute Gasteiger partial charge is 0.379 e. The first-order chi connectivity index (χ1) is 9.52. The van der Waals surface area contributed by atoms with Gasteiger partial charge < -0.3 is 20.5 Å². The zero-order chi connectivity index (χ0) is 14.7. The van der Waals surface area contributed by atoms with Crippen LogP contribution >= 0.6 is 0 Å². The summed E-state index contributed by atoms with van der Waals surface area (Å²) < 4.78 is 10.8. The number of nitrogens with one attached hydrogen (secondary N) is 1. The molecule has 110 valence electrons. The van der Waals surface area contributed by atoms with Crippen molar-refractivity contribution in [2.75, 3.05) is 25.6 Å². The van der Waals surface area contributed by atoms with Gasteiger partial charge in [-0.3, -0.25) is 4.79 Å². The van der Waals surface area contributed by atoms with E-state index in [-0.39, 0.29) is 12.1 Å². The summed E-state index contributed by atoms with van der Waals surface area (Å²) in [6.45, 7) is 5.01. The molecule has 1 aromatic rings. The molecule has 2 rings (SSSR count). The molecule has 1 aliphatic rings. The van der Waals surface area contributed by atoms with Crippen LogP contribution in [-0.4, -0.2) is 43.4 Å². The van der Waals surface area contributed by atoms with Gasteiger partial charge in [-0.05, 0) is 31.9 Å². The van der Waals surface area contributed by atoms with Gasteiger partial charge in [0.2, 0.25) is 0 Å². The number of nitrogens with zero attached hydrogens (tertiary/aromatic N) is 1. The van der Waals surface area contributed by atoms with Crippen LogP contribution in [0.5, 0.6) is 0 Å². The standard InChI is InChI=1S/C14H21N3O3/c1-8-6-10(13(15)18)14(16-9(8)2)17-11-4-5-20-7-12(11)19-3/h6,11-12H,4-5,7H2,1-3H3,(H2,15,18)(H,16,17)/t11-,12-/m0/s1. The summed E-state index contributed by atoms with van der Waals surface area (Å²) in [5.74, 6) is 0.0404. The number of methoxy groups -OCH3 is 1. The van der Waals surface area contributed by atoms with Crippen LogP contribution in [0.1, 0.15) is 28.0 Å². The van der Waals surface area contributed by atoms with Crippen LogP contribution in [0.15, 0.2) is 6.07 Å². The van der Waals surface area contributed by atoms with E-state index in [2.05, 4.69) is 10.3 Å². The van der Waals surface area contributed by atoms with Crippen molar-refractivity contribution in [1.82, 2.24) is 4.98 Å². The van der Waals surface area contributed by atoms with Gasteiger partial charge in [0.05, 0.1) is 18.2 Å². The molecule has 0 aromatic carbocycles. The second-order valence-corrected chi connectivity index (χ2v) is 5.04. The van der Waals surface area contributed by atoms with Gasteiger partial charge in [-0.25, -0.2) is 4.98 Å². The van der Waals surface area contributed by atoms with Crippen LogP contribution in [0.3, 0.4) is 0 Å². The molecule has 0 saturated carbocycles. The van der Waals surface area contributed by atoms with Crippen molar-refractivity contribution < 1.29 is 14.3 Å². The van der Waals surface area contributed by atoms with E-state index in [1.165, 1.54) is 0 Å². The predicted molar refractivity (Wildman–Crippen MR) is 75.9 cm³/mol. The zero-order valence-electron chi connectivity index (χ0n) is 12.1. The Balaban J connectivity index is 2.27. The molecule has 6 nitrogen and oxygen atoms in total. The molecule has 0 spiro atoms. The Hall–Kier alpha value is -1.66. The number of hydrogen-bond acceptors (Lipinski definition) is 5. The first-order valence-corrected chi connectivity index (χ1v) is 6.68. The third-order valence-electron chi connectivity index (χ3n) is 3.66. The summed E-state index contributed by atoms with van der Waals surface area (Å²) in [7, 11) is 1.65. The molecule has 2 atom stereocenters. The zero-order valence-corrected chi connectivity index (χ0v) is 12.1. The molecule has 1 amide bonds. The first kappa shape index (κ1) is 14.7. The lowest BCUT2D eigenvalue weighted by molar-refractivity contribution is -0.0367. The predicted octanol–water partition coefficient (Wildman–Crippen LogP) is 1.01. The molecule has 6 heteroatoms. The van der Waals surface area contributed by atoms with E-state index < -0.39 is 5.91 Å². The maximum absolute atomic E-state index is 11.6. The van der Waals surface area contributed by atoms with Crippen LogP contribution in [0.25, 0.3) is 0 Å². The van der Waals surface area contributed by atoms with E-state index in [1.807, 2.05) is 13.8 Å². The van der Waals surface area contributed by atoms with Crippen molar-refractivity contribution in [2.45, 2.75) is 32.4 Å². The minimum atomic E-state index is -0.482. The topological polar surface area (TPSA) is 86.5 Å². The molecular weight excluding hydrogens is 258 g/mol. The minimum Gasteiger partial charge on any atom is -0.379 e. The monoisotopic (exact) mass is 279 g/mol. The fourth-order valence-corrected chi connectivity index (χ4v) is 2.29. The number of amides is 1. The first-order valence-electron chi connectivity index (χ1n) is 6.68. The Morgan fingerprint density at radius 1 is 1.55 bits per heavy atom. The fraction of sp³-hybridized carbons (Fsp3) is 0.571. The Morgan fingerprint density at radius 2 is 2.30 bits per heavy atom. The molecule has 2 heterocycles. The fourth-order valence-electron chi connectivity index (χ4n) is 2.29. The molecule has 1 aromatic heterocycles. The number of primary amides is 1. The smallest absolute Gasteiger partial charge is 0.252 e. The van der Waals surface area contributed by atoms with Gasteiger partial charge in [0.1, 0.15) is 11.9 Å². The maximum atomic E-state index is 11.6. The van der Waals surface area contributed by atoms with Crippen molar-refractivity contribution in [3.8, 4) is 0 Å². The maximum Gasteiger partial charge on any atom is 0.252 e. The summed E-state index contributed by atoms with van der Waals surface area (Å²) in [6.07, 6.45) is 0.735. The van der Waals surface area contributed by atoms with Crippen LogP contribution in [0, 0.1) is 13.8 Å². The van der Waals surface area contributed by atoms with Gasteiger partial charge in [0.25, 0.3) is 5.91 Å². The second-order valence-electron chi connectivity index (χ2n) is 5.04. The number of ether oxygens (including phenoxy) is 2. The molecule has 3 N–H and O–H groups in total. The molecular formula is C14H21N3O3. The van der Waals surface area contributed by atoms with Crippen molar-refractivity contribution in [3.63, 3.8) is 0 Å². The Labute approximate surface area is 118 Å². The molecule has 0 unspecified atom stereocenters. The second kappa shape index (κ2) is 6.19. The molecule has 20 heavy (non-hydrogen) atoms. The van der Waals surface area contributed by atoms with Gasteiger partial charge in [0, 0.05) is 19.4 Å². The minimum absolute atomic E-state index is 0.0569. The number of aromatic nitrogens is 1. The highest BCUT2D eigenvalue weighted by molar-refractivity contribution is 5.97. The van der Waals surface area contributed by atoms with E-state index in [1.54, 1.807) is 13.2 Å². The number of nitrogens with two attached hydrogens (primary N) is 1. The number of rotatable bonds is 4. The summed E-state index contributed by atoms with van der Waals surface area (Å²) in [4.78, 5) is 16.0. The van der Waals surface area contributed by atoms with Crippen molar-refractivity contribution in [2.24, 2.45) is 5.73 Å². The Bertz CT molecular complexity index is 505. The third kappa shape index (κ3) is 3.08. The van der Waals surface area contributed by atoms with Gasteiger partial charge >= 0.3 is 0 Å².